The van der Waals surface area contributed by atoms with Crippen LogP contribution < -0.4 is 5.56 Å². The zero-order chi connectivity index (χ0) is 18.6. The van der Waals surface area contributed by atoms with Gasteiger partial charge >= 0.3 is 5.97 Å². The molecule has 0 fully saturated rings. The lowest BCUT2D eigenvalue weighted by Gasteiger charge is -2.05. The lowest BCUT2D eigenvalue weighted by atomic mass is 10.2. The molecule has 9 nitrogen and oxygen atoms in total. The second-order valence-electron chi connectivity index (χ2n) is 5.58. The van der Waals surface area contributed by atoms with E-state index in [1.54, 1.807) is 24.3 Å². The number of carbonyl (C=O) groups excluding carboxylic acids is 1. The SMILES string of the molecule is O=C(CCc1nc(-c2ccsc2)no1)OCn1nnc2ccccc2c1=O. The number of hydrogen-bond acceptors (Lipinski definition) is 9. The predicted octanol–water partition coefficient (Wildman–Crippen LogP) is 2.04. The molecule has 0 saturated heterocycles. The first-order valence-electron chi connectivity index (χ1n) is 8.04. The van der Waals surface area contributed by atoms with E-state index in [4.69, 9.17) is 9.26 Å². The maximum absolute atomic E-state index is 12.3. The van der Waals surface area contributed by atoms with Crippen molar-refractivity contribution in [1.82, 2.24) is 25.1 Å². The number of benzene rings is 1. The highest BCUT2D eigenvalue weighted by atomic mass is 32.1. The van der Waals surface area contributed by atoms with Crippen LogP contribution in [0, 0.1) is 0 Å². The van der Waals surface area contributed by atoms with Gasteiger partial charge in [-0.25, -0.2) is 0 Å². The van der Waals surface area contributed by atoms with Crippen LogP contribution in [0.15, 0.2) is 50.4 Å². The minimum Gasteiger partial charge on any atom is -0.442 e. The standard InChI is InChI=1S/C17H13N5O4S/c23-15(6-5-14-18-16(20-26-14)11-7-8-27-9-11)25-10-22-17(24)12-3-1-2-4-13(12)19-21-22/h1-4,7-9H,5-6,10H2. The zero-order valence-electron chi connectivity index (χ0n) is 13.9. The molecular weight excluding hydrogens is 370 g/mol. The largest absolute Gasteiger partial charge is 0.442 e. The third-order valence-corrected chi connectivity index (χ3v) is 4.45. The van der Waals surface area contributed by atoms with E-state index in [-0.39, 0.29) is 25.1 Å². The molecule has 10 heteroatoms. The van der Waals surface area contributed by atoms with Gasteiger partial charge in [-0.1, -0.05) is 22.5 Å². The number of ether oxygens (including phenoxy) is 1. The summed E-state index contributed by atoms with van der Waals surface area (Å²) in [5.74, 6) is 0.320. The molecule has 0 aliphatic carbocycles. The van der Waals surface area contributed by atoms with E-state index < -0.39 is 5.97 Å². The van der Waals surface area contributed by atoms with E-state index >= 15 is 0 Å². The first-order chi connectivity index (χ1) is 13.2. The average Bonchev–Trinajstić information content (AvgIpc) is 3.37. The van der Waals surface area contributed by atoms with Crippen LogP contribution in [0.4, 0.5) is 0 Å². The molecule has 0 bridgehead atoms. The van der Waals surface area contributed by atoms with Crippen molar-refractivity contribution in [3.05, 3.63) is 57.3 Å². The molecule has 3 heterocycles. The summed E-state index contributed by atoms with van der Waals surface area (Å²) >= 11 is 1.53. The molecule has 4 aromatic rings. The fourth-order valence-electron chi connectivity index (χ4n) is 2.39. The normalized spacial score (nSPS) is 11.0. The Hall–Kier alpha value is -3.40. The molecule has 1 aromatic carbocycles. The summed E-state index contributed by atoms with van der Waals surface area (Å²) in [5, 5.41) is 15.8. The third-order valence-electron chi connectivity index (χ3n) is 3.77. The summed E-state index contributed by atoms with van der Waals surface area (Å²) in [6.45, 7) is -0.306. The Kier molecular flexibility index (Phi) is 4.71. The quantitative estimate of drug-likeness (QED) is 0.465. The van der Waals surface area contributed by atoms with Crippen molar-refractivity contribution in [2.75, 3.05) is 0 Å². The molecule has 0 N–H and O–H groups in total. The Morgan fingerprint density at radius 3 is 3.00 bits per heavy atom. The van der Waals surface area contributed by atoms with Crippen molar-refractivity contribution in [3.63, 3.8) is 0 Å². The van der Waals surface area contributed by atoms with E-state index in [0.29, 0.717) is 22.6 Å². The number of carbonyl (C=O) groups is 1. The highest BCUT2D eigenvalue weighted by molar-refractivity contribution is 7.08. The number of esters is 1. The highest BCUT2D eigenvalue weighted by Crippen LogP contribution is 2.19. The number of aromatic nitrogens is 5. The van der Waals surface area contributed by atoms with E-state index in [9.17, 15) is 9.59 Å². The van der Waals surface area contributed by atoms with Gasteiger partial charge in [-0.15, -0.1) is 5.10 Å². The zero-order valence-corrected chi connectivity index (χ0v) is 14.8. The highest BCUT2D eigenvalue weighted by Gasteiger charge is 2.12. The molecule has 136 valence electrons. The number of hydrogen-bond donors (Lipinski definition) is 0. The van der Waals surface area contributed by atoms with Crippen LogP contribution in [0.2, 0.25) is 0 Å². The molecule has 3 aromatic heterocycles. The summed E-state index contributed by atoms with van der Waals surface area (Å²) in [6.07, 6.45) is 0.287. The maximum atomic E-state index is 12.3. The van der Waals surface area contributed by atoms with Crippen LogP contribution in [-0.2, 0) is 22.7 Å². The second kappa shape index (κ2) is 7.46. The van der Waals surface area contributed by atoms with Gasteiger partial charge in [-0.3, -0.25) is 9.59 Å². The minimum absolute atomic E-state index is 0.0427. The van der Waals surface area contributed by atoms with Crippen LogP contribution in [0.5, 0.6) is 0 Å². The molecule has 0 spiro atoms. The van der Waals surface area contributed by atoms with Gasteiger partial charge in [0.15, 0.2) is 6.73 Å². The summed E-state index contributed by atoms with van der Waals surface area (Å²) < 4.78 is 11.2. The van der Waals surface area contributed by atoms with Gasteiger partial charge in [0.25, 0.3) is 5.56 Å². The maximum Gasteiger partial charge on any atom is 0.308 e. The summed E-state index contributed by atoms with van der Waals surface area (Å²) in [6, 6.07) is 8.72. The molecule has 27 heavy (non-hydrogen) atoms. The molecule has 0 saturated carbocycles. The molecule has 0 radical (unpaired) electrons. The Labute approximate surface area is 156 Å². The summed E-state index contributed by atoms with van der Waals surface area (Å²) in [7, 11) is 0. The van der Waals surface area contributed by atoms with E-state index in [2.05, 4.69) is 20.5 Å². The molecule has 0 amide bonds. The van der Waals surface area contributed by atoms with Crippen molar-refractivity contribution in [2.45, 2.75) is 19.6 Å². The first-order valence-corrected chi connectivity index (χ1v) is 8.98. The predicted molar refractivity (Wildman–Crippen MR) is 95.8 cm³/mol. The van der Waals surface area contributed by atoms with Crippen LogP contribution >= 0.6 is 11.3 Å². The topological polar surface area (TPSA) is 113 Å². The molecule has 4 rings (SSSR count). The van der Waals surface area contributed by atoms with E-state index in [0.717, 1.165) is 10.2 Å². The van der Waals surface area contributed by atoms with Crippen LogP contribution in [0.3, 0.4) is 0 Å². The average molecular weight is 383 g/mol. The molecule has 0 aliphatic heterocycles. The van der Waals surface area contributed by atoms with Gasteiger partial charge in [0, 0.05) is 17.4 Å². The third kappa shape index (κ3) is 3.75. The molecule has 0 unspecified atom stereocenters. The number of fused-ring (bicyclic) bond motifs is 1. The fraction of sp³-hybridized carbons (Fsp3) is 0.176. The smallest absolute Gasteiger partial charge is 0.308 e. The first kappa shape index (κ1) is 17.0. The second-order valence-corrected chi connectivity index (χ2v) is 6.36. The molecule has 0 aliphatic rings. The fourth-order valence-corrected chi connectivity index (χ4v) is 3.02. The molecule has 0 atom stereocenters. The van der Waals surface area contributed by atoms with E-state index in [1.165, 1.54) is 11.3 Å². The number of nitrogens with zero attached hydrogens (tertiary/aromatic N) is 5. The Morgan fingerprint density at radius 1 is 1.26 bits per heavy atom. The monoisotopic (exact) mass is 383 g/mol. The lowest BCUT2D eigenvalue weighted by Crippen LogP contribution is -2.26. The van der Waals surface area contributed by atoms with Gasteiger partial charge < -0.3 is 9.26 Å². The Bertz CT molecular complexity index is 1140. The van der Waals surface area contributed by atoms with E-state index in [1.807, 2.05) is 16.8 Å². The van der Waals surface area contributed by atoms with Gasteiger partial charge in [0.05, 0.1) is 11.8 Å². The van der Waals surface area contributed by atoms with Crippen molar-refractivity contribution >= 4 is 28.2 Å². The van der Waals surface area contributed by atoms with Gasteiger partial charge in [-0.05, 0) is 23.6 Å². The number of rotatable bonds is 6. The number of aryl methyl sites for hydroxylation is 1. The van der Waals surface area contributed by atoms with Crippen molar-refractivity contribution in [2.24, 2.45) is 0 Å². The van der Waals surface area contributed by atoms with Gasteiger partial charge in [0.1, 0.15) is 5.52 Å². The van der Waals surface area contributed by atoms with Crippen LogP contribution in [0.25, 0.3) is 22.3 Å². The van der Waals surface area contributed by atoms with Crippen molar-refractivity contribution < 1.29 is 14.1 Å². The Morgan fingerprint density at radius 2 is 2.15 bits per heavy atom. The lowest BCUT2D eigenvalue weighted by molar-refractivity contribution is -0.148. The van der Waals surface area contributed by atoms with Gasteiger partial charge in [0.2, 0.25) is 11.7 Å². The minimum atomic E-state index is -0.507. The Balaban J connectivity index is 1.34. The number of thiophene rings is 1. The van der Waals surface area contributed by atoms with Crippen LogP contribution in [0.1, 0.15) is 12.3 Å². The van der Waals surface area contributed by atoms with Gasteiger partial charge in [-0.2, -0.15) is 21.0 Å². The van der Waals surface area contributed by atoms with Crippen molar-refractivity contribution in [3.8, 4) is 11.4 Å². The molecular formula is C17H13N5O4S. The van der Waals surface area contributed by atoms with Crippen molar-refractivity contribution in [1.29, 1.82) is 0 Å². The summed E-state index contributed by atoms with van der Waals surface area (Å²) in [4.78, 5) is 28.4. The summed E-state index contributed by atoms with van der Waals surface area (Å²) in [5.41, 5.74) is 0.987. The van der Waals surface area contributed by atoms with Crippen LogP contribution in [-0.4, -0.2) is 31.1 Å².